The number of hydrogen-bond donors (Lipinski definition) is 4. The number of nitrogens with one attached hydrogen (secondary N) is 3. The fourth-order valence-electron chi connectivity index (χ4n) is 7.95. The molecule has 3 aromatic rings. The first-order valence-corrected chi connectivity index (χ1v) is 19.7. The van der Waals surface area contributed by atoms with Crippen molar-refractivity contribution in [1.29, 1.82) is 0 Å². The summed E-state index contributed by atoms with van der Waals surface area (Å²) in [5.41, 5.74) is 4.37. The average molecular weight is 794 g/mol. The maximum absolute atomic E-state index is 13.5. The number of hydroxylamine groups is 1. The van der Waals surface area contributed by atoms with Gasteiger partial charge >= 0.3 is 0 Å². The average Bonchev–Trinajstić information content (AvgIpc) is 3.47. The van der Waals surface area contributed by atoms with Crippen molar-refractivity contribution in [2.45, 2.75) is 44.6 Å². The molecule has 4 aliphatic rings. The molecular formula is C42H47N7O9. The standard InChI is InChI=1S/C42H47N7O9/c50-35-15-14-34(40(54)44-35)49-41(55)32-7-4-8-33(37(32)42(49)56)47-20-18-46(19-21-47)24-28-25-48(26-28)36(51)9-1-2-22-58-31-12-10-27(11-13-31)16-17-43-38(52)29-5-3-6-30(23-29)39(53)45-57/h3-8,10-13,23,28,34,57H,1-2,9,14-22,24-26H2,(H,43,52)(H,45,53)(H,44,50,54). The lowest BCUT2D eigenvalue weighted by molar-refractivity contribution is -0.138. The van der Waals surface area contributed by atoms with E-state index < -0.39 is 35.6 Å². The van der Waals surface area contributed by atoms with E-state index in [2.05, 4.69) is 20.4 Å². The second-order valence-corrected chi connectivity index (χ2v) is 15.1. The largest absolute Gasteiger partial charge is 0.494 e. The van der Waals surface area contributed by atoms with Gasteiger partial charge in [0.1, 0.15) is 11.8 Å². The van der Waals surface area contributed by atoms with E-state index in [0.717, 1.165) is 61.8 Å². The minimum absolute atomic E-state index is 0.0746. The number of imide groups is 2. The van der Waals surface area contributed by atoms with Gasteiger partial charge in [0.15, 0.2) is 0 Å². The fourth-order valence-corrected chi connectivity index (χ4v) is 7.95. The second-order valence-electron chi connectivity index (χ2n) is 15.1. The molecular weight excluding hydrogens is 747 g/mol. The van der Waals surface area contributed by atoms with Gasteiger partial charge in [0.05, 0.1) is 23.4 Å². The van der Waals surface area contributed by atoms with E-state index >= 15 is 0 Å². The van der Waals surface area contributed by atoms with Crippen molar-refractivity contribution in [2.75, 3.05) is 63.9 Å². The predicted octanol–water partition coefficient (Wildman–Crippen LogP) is 2.01. The number of anilines is 1. The lowest BCUT2D eigenvalue weighted by Gasteiger charge is -2.44. The third-order valence-corrected chi connectivity index (χ3v) is 11.2. The molecule has 7 amide bonds. The highest BCUT2D eigenvalue weighted by molar-refractivity contribution is 6.25. The summed E-state index contributed by atoms with van der Waals surface area (Å²) in [7, 11) is 0. The highest BCUT2D eigenvalue weighted by atomic mass is 16.5. The molecule has 304 valence electrons. The lowest BCUT2D eigenvalue weighted by Crippen LogP contribution is -2.56. The van der Waals surface area contributed by atoms with Gasteiger partial charge in [0.25, 0.3) is 23.6 Å². The zero-order valence-electron chi connectivity index (χ0n) is 32.1. The van der Waals surface area contributed by atoms with E-state index in [1.54, 1.807) is 29.7 Å². The summed E-state index contributed by atoms with van der Waals surface area (Å²) in [6.07, 6.45) is 2.76. The van der Waals surface area contributed by atoms with E-state index in [-0.39, 0.29) is 35.8 Å². The van der Waals surface area contributed by atoms with Crippen LogP contribution in [0.5, 0.6) is 5.75 Å². The molecule has 0 spiro atoms. The van der Waals surface area contributed by atoms with Gasteiger partial charge in [0.2, 0.25) is 17.7 Å². The first kappa shape index (κ1) is 40.1. The van der Waals surface area contributed by atoms with E-state index in [0.29, 0.717) is 61.8 Å². The zero-order valence-corrected chi connectivity index (χ0v) is 32.1. The van der Waals surface area contributed by atoms with Crippen molar-refractivity contribution >= 4 is 47.0 Å². The number of benzene rings is 3. The summed E-state index contributed by atoms with van der Waals surface area (Å²) in [4.78, 5) is 95.2. The van der Waals surface area contributed by atoms with Crippen LogP contribution in [0.2, 0.25) is 0 Å². The fraction of sp³-hybridized carbons (Fsp3) is 0.405. The summed E-state index contributed by atoms with van der Waals surface area (Å²) in [5.74, 6) is -1.74. The predicted molar refractivity (Wildman–Crippen MR) is 209 cm³/mol. The maximum Gasteiger partial charge on any atom is 0.274 e. The molecule has 1 unspecified atom stereocenters. The molecule has 0 bridgehead atoms. The molecule has 7 rings (SSSR count). The van der Waals surface area contributed by atoms with Gasteiger partial charge in [-0.3, -0.25) is 53.9 Å². The number of piperidine rings is 1. The van der Waals surface area contributed by atoms with Crippen molar-refractivity contribution in [3.63, 3.8) is 0 Å². The van der Waals surface area contributed by atoms with Gasteiger partial charge < -0.3 is 19.9 Å². The number of carbonyl (C=O) groups is 7. The molecule has 3 aromatic carbocycles. The Morgan fingerprint density at radius 3 is 2.29 bits per heavy atom. The SMILES string of the molecule is O=C1CCC(N2C(=O)c3cccc(N4CCN(CC5CN(C(=O)CCCCOc6ccc(CCNC(=O)c7cccc(C(=O)NO)c7)cc6)C5)CC4)c3C2=O)C(=O)N1. The lowest BCUT2D eigenvalue weighted by atomic mass is 9.98. The van der Waals surface area contributed by atoms with E-state index in [9.17, 15) is 33.6 Å². The zero-order chi connectivity index (χ0) is 40.8. The molecule has 3 fully saturated rings. The Kier molecular flexibility index (Phi) is 12.4. The minimum Gasteiger partial charge on any atom is -0.494 e. The van der Waals surface area contributed by atoms with Crippen molar-refractivity contribution in [3.05, 3.63) is 94.5 Å². The quantitative estimate of drug-likeness (QED) is 0.0761. The van der Waals surface area contributed by atoms with E-state index in [1.165, 1.54) is 12.1 Å². The van der Waals surface area contributed by atoms with Gasteiger partial charge in [-0.15, -0.1) is 0 Å². The molecule has 3 saturated heterocycles. The molecule has 4 heterocycles. The van der Waals surface area contributed by atoms with Crippen molar-refractivity contribution < 1.29 is 43.5 Å². The summed E-state index contributed by atoms with van der Waals surface area (Å²) in [5, 5.41) is 13.9. The normalized spacial score (nSPS) is 18.4. The molecule has 16 nitrogen and oxygen atoms in total. The van der Waals surface area contributed by atoms with Crippen molar-refractivity contribution in [1.82, 2.24) is 30.8 Å². The first-order valence-electron chi connectivity index (χ1n) is 19.7. The Morgan fingerprint density at radius 2 is 1.57 bits per heavy atom. The molecule has 16 heteroatoms. The smallest absolute Gasteiger partial charge is 0.274 e. The number of carbonyl (C=O) groups excluding carboxylic acids is 7. The Bertz CT molecular complexity index is 2080. The number of fused-ring (bicyclic) bond motifs is 1. The third kappa shape index (κ3) is 9.03. The van der Waals surface area contributed by atoms with Crippen LogP contribution < -0.4 is 25.8 Å². The number of piperazine rings is 1. The van der Waals surface area contributed by atoms with Crippen molar-refractivity contribution in [3.8, 4) is 5.75 Å². The van der Waals surface area contributed by atoms with Gasteiger partial charge in [0, 0.05) is 82.2 Å². The summed E-state index contributed by atoms with van der Waals surface area (Å²) in [6, 6.07) is 18.0. The van der Waals surface area contributed by atoms with Crippen molar-refractivity contribution in [2.24, 2.45) is 5.92 Å². The van der Waals surface area contributed by atoms with Gasteiger partial charge in [-0.05, 0) is 73.7 Å². The highest BCUT2D eigenvalue weighted by Gasteiger charge is 2.46. The first-order chi connectivity index (χ1) is 28.1. The third-order valence-electron chi connectivity index (χ3n) is 11.2. The van der Waals surface area contributed by atoms with Crippen LogP contribution in [-0.4, -0.2) is 126 Å². The minimum atomic E-state index is -0.999. The maximum atomic E-state index is 13.5. The van der Waals surface area contributed by atoms with Crippen LogP contribution >= 0.6 is 0 Å². The Labute approximate surface area is 335 Å². The van der Waals surface area contributed by atoms with Gasteiger partial charge in [-0.1, -0.05) is 24.3 Å². The Balaban J connectivity index is 0.758. The topological polar surface area (TPSA) is 198 Å². The highest BCUT2D eigenvalue weighted by Crippen LogP contribution is 2.35. The molecule has 0 aromatic heterocycles. The van der Waals surface area contributed by atoms with E-state index in [1.807, 2.05) is 35.2 Å². The van der Waals surface area contributed by atoms with Crippen LogP contribution in [-0.2, 0) is 20.8 Å². The summed E-state index contributed by atoms with van der Waals surface area (Å²) in [6.45, 7) is 6.16. The molecule has 1 atom stereocenters. The summed E-state index contributed by atoms with van der Waals surface area (Å²) >= 11 is 0. The van der Waals surface area contributed by atoms with E-state index in [4.69, 9.17) is 9.94 Å². The van der Waals surface area contributed by atoms with Crippen LogP contribution in [0.4, 0.5) is 5.69 Å². The molecule has 0 saturated carbocycles. The molecule has 4 N–H and O–H groups in total. The number of amides is 7. The number of hydrogen-bond acceptors (Lipinski definition) is 11. The Hall–Kier alpha value is -6.13. The van der Waals surface area contributed by atoms with Crippen LogP contribution in [0, 0.1) is 5.92 Å². The van der Waals surface area contributed by atoms with Crippen LogP contribution in [0.15, 0.2) is 66.7 Å². The molecule has 58 heavy (non-hydrogen) atoms. The second kappa shape index (κ2) is 18.0. The van der Waals surface area contributed by atoms with Crippen LogP contribution in [0.3, 0.4) is 0 Å². The molecule has 0 radical (unpaired) electrons. The summed E-state index contributed by atoms with van der Waals surface area (Å²) < 4.78 is 5.88. The Morgan fingerprint density at radius 1 is 0.845 bits per heavy atom. The van der Waals surface area contributed by atoms with Gasteiger partial charge in [-0.25, -0.2) is 5.48 Å². The number of unbranched alkanes of at least 4 members (excludes halogenated alkanes) is 1. The number of nitrogens with zero attached hydrogens (tertiary/aromatic N) is 4. The number of likely N-dealkylation sites (tertiary alicyclic amines) is 1. The van der Waals surface area contributed by atoms with Crippen LogP contribution in [0.25, 0.3) is 0 Å². The molecule has 4 aliphatic heterocycles. The number of ether oxygens (including phenoxy) is 1. The number of rotatable bonds is 15. The monoisotopic (exact) mass is 793 g/mol. The van der Waals surface area contributed by atoms with Crippen LogP contribution in [0.1, 0.15) is 79.1 Å². The molecule has 0 aliphatic carbocycles. The van der Waals surface area contributed by atoms with Gasteiger partial charge in [-0.2, -0.15) is 0 Å².